The maximum absolute atomic E-state index is 5.42. The average Bonchev–Trinajstić information content (AvgIpc) is 1.35. The summed E-state index contributed by atoms with van der Waals surface area (Å²) in [6, 6.07) is 0. The van der Waals surface area contributed by atoms with Crippen LogP contribution in [0.4, 0.5) is 0 Å². The first kappa shape index (κ1) is 5.80. The molecular weight excluding hydrogens is 70.9 g/mol. The van der Waals surface area contributed by atoms with Crippen molar-refractivity contribution in [3.8, 4) is 0 Å². The zero-order valence-corrected chi connectivity index (χ0v) is 4.36. The van der Waals surface area contributed by atoms with E-state index in [4.69, 9.17) is 7.85 Å². The van der Waals surface area contributed by atoms with Gasteiger partial charge >= 0.3 is 0 Å². The van der Waals surface area contributed by atoms with E-state index in [1.54, 1.807) is 6.08 Å². The van der Waals surface area contributed by atoms with Crippen molar-refractivity contribution in [2.45, 2.75) is 19.2 Å². The van der Waals surface area contributed by atoms with Crippen LogP contribution in [0.15, 0.2) is 12.7 Å². The van der Waals surface area contributed by atoms with Crippen molar-refractivity contribution in [1.29, 1.82) is 0 Å². The van der Waals surface area contributed by atoms with Gasteiger partial charge in [0.25, 0.3) is 0 Å². The Balaban J connectivity index is 3.45. The Bertz CT molecular complexity index is 49.4. The van der Waals surface area contributed by atoms with Crippen molar-refractivity contribution in [2.75, 3.05) is 0 Å². The lowest BCUT2D eigenvalue weighted by Crippen LogP contribution is -1.93. The molecule has 2 radical (unpaired) electrons. The second-order valence-corrected chi connectivity index (χ2v) is 2.03. The molecule has 0 spiro atoms. The van der Waals surface area contributed by atoms with E-state index in [2.05, 4.69) is 6.58 Å². The van der Waals surface area contributed by atoms with Gasteiger partial charge in [-0.25, -0.2) is 0 Å². The summed E-state index contributed by atoms with van der Waals surface area (Å²) in [4.78, 5) is 0. The second-order valence-electron chi connectivity index (χ2n) is 2.03. The van der Waals surface area contributed by atoms with Crippen LogP contribution in [0.3, 0.4) is 0 Å². The molecular formula is C5H9B. The maximum atomic E-state index is 5.42. The zero-order chi connectivity index (χ0) is 5.21. The van der Waals surface area contributed by atoms with Gasteiger partial charge in [0.2, 0.25) is 0 Å². The lowest BCUT2D eigenvalue weighted by Gasteiger charge is -2.08. The van der Waals surface area contributed by atoms with Gasteiger partial charge in [0.1, 0.15) is 0 Å². The van der Waals surface area contributed by atoms with Gasteiger partial charge in [-0.3, -0.25) is 0 Å². The minimum atomic E-state index is -0.194. The number of hydrogen-bond donors (Lipinski definition) is 0. The number of rotatable bonds is 1. The molecule has 0 amide bonds. The van der Waals surface area contributed by atoms with E-state index in [1.165, 1.54) is 0 Å². The van der Waals surface area contributed by atoms with Gasteiger partial charge in [0.05, 0.1) is 7.85 Å². The van der Waals surface area contributed by atoms with Crippen molar-refractivity contribution < 1.29 is 0 Å². The third-order valence-corrected chi connectivity index (χ3v) is 0.526. The fraction of sp³-hybridized carbons (Fsp3) is 0.600. The molecule has 0 saturated carbocycles. The van der Waals surface area contributed by atoms with E-state index in [9.17, 15) is 0 Å². The Labute approximate surface area is 40.7 Å². The molecule has 0 fully saturated rings. The normalized spacial score (nSPS) is 11.0. The summed E-state index contributed by atoms with van der Waals surface area (Å²) >= 11 is 0. The molecule has 0 aliphatic carbocycles. The van der Waals surface area contributed by atoms with E-state index < -0.39 is 0 Å². The van der Waals surface area contributed by atoms with Crippen LogP contribution < -0.4 is 0 Å². The van der Waals surface area contributed by atoms with Crippen molar-refractivity contribution in [3.05, 3.63) is 12.7 Å². The molecule has 0 saturated heterocycles. The third kappa shape index (κ3) is 3.80. The van der Waals surface area contributed by atoms with E-state index >= 15 is 0 Å². The Morgan fingerprint density at radius 2 is 1.83 bits per heavy atom. The molecule has 0 aliphatic rings. The summed E-state index contributed by atoms with van der Waals surface area (Å²) in [6.45, 7) is 7.31. The predicted octanol–water partition coefficient (Wildman–Crippen LogP) is 1.54. The molecule has 0 aliphatic heterocycles. The smallest absolute Gasteiger partial charge is 0.0794 e. The molecule has 6 heavy (non-hydrogen) atoms. The van der Waals surface area contributed by atoms with Crippen LogP contribution in [-0.2, 0) is 0 Å². The molecule has 0 heterocycles. The molecule has 0 bridgehead atoms. The third-order valence-electron chi connectivity index (χ3n) is 0.526. The van der Waals surface area contributed by atoms with Crippen LogP contribution in [0, 0.1) is 0 Å². The van der Waals surface area contributed by atoms with Crippen molar-refractivity contribution in [1.82, 2.24) is 0 Å². The topological polar surface area (TPSA) is 0 Å². The molecule has 0 rings (SSSR count). The Kier molecular flexibility index (Phi) is 1.45. The largest absolute Gasteiger partial charge is 0.103 e. The van der Waals surface area contributed by atoms with Crippen LogP contribution in [0.5, 0.6) is 0 Å². The zero-order valence-electron chi connectivity index (χ0n) is 4.36. The highest BCUT2D eigenvalue weighted by Crippen LogP contribution is 2.17. The van der Waals surface area contributed by atoms with Gasteiger partial charge in [-0.2, -0.15) is 0 Å². The lowest BCUT2D eigenvalue weighted by molar-refractivity contribution is 0.864. The number of allylic oxidation sites excluding steroid dienone is 1. The fourth-order valence-electron chi connectivity index (χ4n) is 0. The van der Waals surface area contributed by atoms with E-state index in [0.717, 1.165) is 0 Å². The molecule has 0 aromatic carbocycles. The van der Waals surface area contributed by atoms with E-state index in [-0.39, 0.29) is 5.31 Å². The molecule has 0 nitrogen and oxygen atoms in total. The summed E-state index contributed by atoms with van der Waals surface area (Å²) in [5.74, 6) is 0. The molecule has 32 valence electrons. The van der Waals surface area contributed by atoms with Crippen molar-refractivity contribution in [3.63, 3.8) is 0 Å². The van der Waals surface area contributed by atoms with Crippen LogP contribution >= 0.6 is 0 Å². The van der Waals surface area contributed by atoms with Crippen LogP contribution in [0.25, 0.3) is 0 Å². The van der Waals surface area contributed by atoms with Gasteiger partial charge < -0.3 is 0 Å². The predicted molar refractivity (Wildman–Crippen MR) is 30.0 cm³/mol. The molecule has 0 N–H and O–H groups in total. The molecule has 0 aromatic heterocycles. The van der Waals surface area contributed by atoms with Gasteiger partial charge in [-0.05, 0) is 0 Å². The summed E-state index contributed by atoms with van der Waals surface area (Å²) in [7, 11) is 5.42. The minimum absolute atomic E-state index is 0.194. The first-order valence-electron chi connectivity index (χ1n) is 1.99. The van der Waals surface area contributed by atoms with Crippen LogP contribution in [0.1, 0.15) is 13.8 Å². The molecule has 0 atom stereocenters. The first-order valence-corrected chi connectivity index (χ1v) is 1.99. The molecule has 0 aromatic rings. The first-order chi connectivity index (χ1) is 2.56. The Morgan fingerprint density at radius 1 is 1.67 bits per heavy atom. The summed E-state index contributed by atoms with van der Waals surface area (Å²) in [6.07, 6.45) is 1.72. The average molecular weight is 79.9 g/mol. The summed E-state index contributed by atoms with van der Waals surface area (Å²) in [5.41, 5.74) is 0. The van der Waals surface area contributed by atoms with Gasteiger partial charge in [0, 0.05) is 0 Å². The molecule has 0 unspecified atom stereocenters. The highest BCUT2D eigenvalue weighted by atomic mass is 14.0. The number of hydrogen-bond acceptors (Lipinski definition) is 0. The quantitative estimate of drug-likeness (QED) is 0.331. The lowest BCUT2D eigenvalue weighted by atomic mass is 9.73. The SMILES string of the molecule is [B]C(C)(C)C=C. The van der Waals surface area contributed by atoms with Crippen molar-refractivity contribution >= 4 is 7.85 Å². The van der Waals surface area contributed by atoms with E-state index in [1.807, 2.05) is 13.8 Å². The monoisotopic (exact) mass is 80.1 g/mol. The van der Waals surface area contributed by atoms with Crippen LogP contribution in [0.2, 0.25) is 5.31 Å². The highest BCUT2D eigenvalue weighted by Gasteiger charge is 1.99. The van der Waals surface area contributed by atoms with Gasteiger partial charge in [0.15, 0.2) is 0 Å². The van der Waals surface area contributed by atoms with Crippen LogP contribution in [-0.4, -0.2) is 7.85 Å². The fourth-order valence-corrected chi connectivity index (χ4v) is 0. The highest BCUT2D eigenvalue weighted by molar-refractivity contribution is 6.15. The van der Waals surface area contributed by atoms with E-state index in [0.29, 0.717) is 0 Å². The Hall–Kier alpha value is -0.195. The summed E-state index contributed by atoms with van der Waals surface area (Å²) in [5, 5.41) is -0.194. The van der Waals surface area contributed by atoms with Gasteiger partial charge in [-0.15, -0.1) is 6.58 Å². The standard InChI is InChI=1S/C5H9B/c1-4-5(2,3)6/h4H,1H2,2-3H3. The second kappa shape index (κ2) is 1.50. The van der Waals surface area contributed by atoms with Gasteiger partial charge in [-0.1, -0.05) is 25.2 Å². The molecule has 1 heteroatoms. The summed E-state index contributed by atoms with van der Waals surface area (Å²) < 4.78 is 0. The van der Waals surface area contributed by atoms with Crippen molar-refractivity contribution in [2.24, 2.45) is 0 Å². The maximum Gasteiger partial charge on any atom is 0.0794 e. The minimum Gasteiger partial charge on any atom is -0.103 e. The Morgan fingerprint density at radius 3 is 1.83 bits per heavy atom.